The zero-order valence-corrected chi connectivity index (χ0v) is 12.6. The molecule has 1 aromatic rings. The van der Waals surface area contributed by atoms with Crippen molar-refractivity contribution in [2.45, 2.75) is 40.2 Å². The average molecular weight is 274 g/mol. The Bertz CT molecular complexity index is 532. The van der Waals surface area contributed by atoms with Crippen LogP contribution in [0.3, 0.4) is 0 Å². The van der Waals surface area contributed by atoms with Crippen molar-refractivity contribution in [3.63, 3.8) is 0 Å². The topological polar surface area (TPSA) is 49.4 Å². The number of benzene rings is 1. The number of carbonyl (C=O) groups excluding carboxylic acids is 2. The van der Waals surface area contributed by atoms with Gasteiger partial charge >= 0.3 is 0 Å². The first-order chi connectivity index (χ1) is 9.32. The van der Waals surface area contributed by atoms with E-state index in [1.807, 2.05) is 45.0 Å². The van der Waals surface area contributed by atoms with Gasteiger partial charge in [-0.3, -0.25) is 9.59 Å². The molecular formula is C16H22N2O2. The lowest BCUT2D eigenvalue weighted by Gasteiger charge is -2.39. The van der Waals surface area contributed by atoms with E-state index in [0.29, 0.717) is 0 Å². The minimum Gasteiger partial charge on any atom is -0.342 e. The van der Waals surface area contributed by atoms with Gasteiger partial charge in [0.25, 0.3) is 5.91 Å². The van der Waals surface area contributed by atoms with Crippen molar-refractivity contribution in [3.05, 3.63) is 29.8 Å². The lowest BCUT2D eigenvalue weighted by molar-refractivity contribution is -0.133. The Morgan fingerprint density at radius 2 is 2.00 bits per heavy atom. The number of hydrogen-bond donors (Lipinski definition) is 1. The van der Waals surface area contributed by atoms with Gasteiger partial charge in [0.2, 0.25) is 5.91 Å². The number of carbonyl (C=O) groups is 2. The van der Waals surface area contributed by atoms with Crippen molar-refractivity contribution in [2.75, 3.05) is 11.4 Å². The van der Waals surface area contributed by atoms with Crippen molar-refractivity contribution in [1.82, 2.24) is 5.32 Å². The smallest absolute Gasteiger partial charge is 0.250 e. The Morgan fingerprint density at radius 3 is 2.60 bits per heavy atom. The van der Waals surface area contributed by atoms with Crippen LogP contribution in [0.1, 0.15) is 33.3 Å². The molecule has 108 valence electrons. The zero-order valence-electron chi connectivity index (χ0n) is 12.6. The lowest BCUT2D eigenvalue weighted by Crippen LogP contribution is -2.62. The van der Waals surface area contributed by atoms with Gasteiger partial charge in [-0.15, -0.1) is 0 Å². The fourth-order valence-electron chi connectivity index (χ4n) is 2.40. The molecule has 1 atom stereocenters. The van der Waals surface area contributed by atoms with E-state index < -0.39 is 6.04 Å². The molecule has 1 unspecified atom stereocenters. The first-order valence-electron chi connectivity index (χ1n) is 7.02. The summed E-state index contributed by atoms with van der Waals surface area (Å²) in [5.41, 5.74) is 1.67. The summed E-state index contributed by atoms with van der Waals surface area (Å²) in [7, 11) is 0. The summed E-state index contributed by atoms with van der Waals surface area (Å²) in [6.45, 7) is 8.05. The van der Waals surface area contributed by atoms with Gasteiger partial charge in [0.15, 0.2) is 0 Å². The highest BCUT2D eigenvalue weighted by molar-refractivity contribution is 6.06. The van der Waals surface area contributed by atoms with Crippen molar-refractivity contribution in [2.24, 2.45) is 5.41 Å². The van der Waals surface area contributed by atoms with Crippen LogP contribution in [-0.2, 0) is 16.0 Å². The number of piperazine rings is 1. The highest BCUT2D eigenvalue weighted by Crippen LogP contribution is 2.26. The first kappa shape index (κ1) is 14.6. The van der Waals surface area contributed by atoms with Gasteiger partial charge in [0.05, 0.1) is 0 Å². The molecule has 1 aliphatic rings. The highest BCUT2D eigenvalue weighted by Gasteiger charge is 2.40. The maximum absolute atomic E-state index is 12.6. The van der Waals surface area contributed by atoms with E-state index in [9.17, 15) is 9.59 Å². The number of nitrogens with zero attached hydrogens (tertiary/aromatic N) is 1. The van der Waals surface area contributed by atoms with Crippen LogP contribution >= 0.6 is 0 Å². The SMILES string of the molecule is CCc1cccc(N2CC(=O)NC(C(C)(C)C)C2=O)c1. The minimum atomic E-state index is -0.478. The van der Waals surface area contributed by atoms with Crippen LogP contribution in [0.25, 0.3) is 0 Å². The summed E-state index contributed by atoms with van der Waals surface area (Å²) in [5, 5.41) is 2.80. The molecule has 2 rings (SSSR count). The van der Waals surface area contributed by atoms with Crippen molar-refractivity contribution < 1.29 is 9.59 Å². The zero-order chi connectivity index (χ0) is 14.9. The molecule has 0 radical (unpaired) electrons. The summed E-state index contributed by atoms with van der Waals surface area (Å²) in [6.07, 6.45) is 0.908. The quantitative estimate of drug-likeness (QED) is 0.898. The molecule has 0 aromatic heterocycles. The van der Waals surface area contributed by atoms with E-state index in [1.54, 1.807) is 4.90 Å². The predicted molar refractivity (Wildman–Crippen MR) is 79.6 cm³/mol. The average Bonchev–Trinajstić information content (AvgIpc) is 2.40. The second-order valence-electron chi connectivity index (χ2n) is 6.31. The highest BCUT2D eigenvalue weighted by atomic mass is 16.2. The molecule has 4 heteroatoms. The first-order valence-corrected chi connectivity index (χ1v) is 7.02. The Morgan fingerprint density at radius 1 is 1.30 bits per heavy atom. The molecule has 0 spiro atoms. The molecule has 0 saturated carbocycles. The van der Waals surface area contributed by atoms with Gasteiger partial charge in [-0.2, -0.15) is 0 Å². The molecule has 1 aromatic carbocycles. The monoisotopic (exact) mass is 274 g/mol. The van der Waals surface area contributed by atoms with E-state index in [4.69, 9.17) is 0 Å². The summed E-state index contributed by atoms with van der Waals surface area (Å²) in [4.78, 5) is 26.1. The third kappa shape index (κ3) is 2.84. The molecule has 2 amide bonds. The maximum Gasteiger partial charge on any atom is 0.250 e. The van der Waals surface area contributed by atoms with E-state index in [1.165, 1.54) is 0 Å². The Balaban J connectivity index is 2.34. The van der Waals surface area contributed by atoms with Crippen molar-refractivity contribution in [1.29, 1.82) is 0 Å². The van der Waals surface area contributed by atoms with Gasteiger partial charge in [-0.05, 0) is 29.5 Å². The van der Waals surface area contributed by atoms with Gasteiger partial charge in [0.1, 0.15) is 12.6 Å². The lowest BCUT2D eigenvalue weighted by atomic mass is 9.84. The Kier molecular flexibility index (Phi) is 3.84. The fourth-order valence-corrected chi connectivity index (χ4v) is 2.40. The Labute approximate surface area is 120 Å². The van der Waals surface area contributed by atoms with Gasteiger partial charge in [-0.1, -0.05) is 39.8 Å². The summed E-state index contributed by atoms with van der Waals surface area (Å²) < 4.78 is 0. The third-order valence-electron chi connectivity index (χ3n) is 3.62. The van der Waals surface area contributed by atoms with E-state index in [-0.39, 0.29) is 23.8 Å². The molecule has 1 heterocycles. The van der Waals surface area contributed by atoms with Gasteiger partial charge in [-0.25, -0.2) is 0 Å². The number of anilines is 1. The molecular weight excluding hydrogens is 252 g/mol. The molecule has 0 bridgehead atoms. The van der Waals surface area contributed by atoms with Crippen LogP contribution < -0.4 is 10.2 Å². The minimum absolute atomic E-state index is 0.0367. The molecule has 4 nitrogen and oxygen atoms in total. The summed E-state index contributed by atoms with van der Waals surface area (Å²) in [5.74, 6) is -0.142. The van der Waals surface area contributed by atoms with Gasteiger partial charge < -0.3 is 10.2 Å². The number of amides is 2. The molecule has 20 heavy (non-hydrogen) atoms. The Hall–Kier alpha value is -1.84. The fraction of sp³-hybridized carbons (Fsp3) is 0.500. The normalized spacial score (nSPS) is 20.0. The molecule has 1 N–H and O–H groups in total. The van der Waals surface area contributed by atoms with Crippen LogP contribution in [0.5, 0.6) is 0 Å². The number of aryl methyl sites for hydroxylation is 1. The molecule has 1 saturated heterocycles. The van der Waals surface area contributed by atoms with Crippen molar-refractivity contribution in [3.8, 4) is 0 Å². The standard InChI is InChI=1S/C16H22N2O2/c1-5-11-7-6-8-12(9-11)18-10-13(19)17-14(15(18)20)16(2,3)4/h6-9,14H,5,10H2,1-4H3,(H,17,19). The predicted octanol–water partition coefficient (Wildman–Crippen LogP) is 2.13. The van der Waals surface area contributed by atoms with Crippen LogP contribution in [0.2, 0.25) is 0 Å². The van der Waals surface area contributed by atoms with Crippen LogP contribution in [-0.4, -0.2) is 24.4 Å². The maximum atomic E-state index is 12.6. The van der Waals surface area contributed by atoms with Crippen LogP contribution in [0.15, 0.2) is 24.3 Å². The third-order valence-corrected chi connectivity index (χ3v) is 3.62. The van der Waals surface area contributed by atoms with E-state index in [0.717, 1.165) is 17.7 Å². The summed E-state index contributed by atoms with van der Waals surface area (Å²) in [6, 6.07) is 7.35. The molecule has 1 fully saturated rings. The summed E-state index contributed by atoms with van der Waals surface area (Å²) >= 11 is 0. The number of rotatable bonds is 2. The second kappa shape index (κ2) is 5.27. The largest absolute Gasteiger partial charge is 0.342 e. The van der Waals surface area contributed by atoms with E-state index >= 15 is 0 Å². The van der Waals surface area contributed by atoms with Gasteiger partial charge in [0, 0.05) is 5.69 Å². The van der Waals surface area contributed by atoms with E-state index in [2.05, 4.69) is 12.2 Å². The van der Waals surface area contributed by atoms with Crippen LogP contribution in [0.4, 0.5) is 5.69 Å². The van der Waals surface area contributed by atoms with Crippen molar-refractivity contribution >= 4 is 17.5 Å². The number of nitrogens with one attached hydrogen (secondary N) is 1. The molecule has 1 aliphatic heterocycles. The second-order valence-corrected chi connectivity index (χ2v) is 6.31. The number of hydrogen-bond acceptors (Lipinski definition) is 2. The van der Waals surface area contributed by atoms with Crippen LogP contribution in [0, 0.1) is 5.41 Å². The molecule has 0 aliphatic carbocycles.